The summed E-state index contributed by atoms with van der Waals surface area (Å²) in [5.41, 5.74) is 0. The minimum atomic E-state index is -0.961. The third-order valence-electron chi connectivity index (χ3n) is 4.53. The van der Waals surface area contributed by atoms with E-state index >= 15 is 0 Å². The van der Waals surface area contributed by atoms with E-state index in [1.165, 1.54) is 0 Å². The summed E-state index contributed by atoms with van der Waals surface area (Å²) in [7, 11) is 0. The van der Waals surface area contributed by atoms with E-state index in [-0.39, 0.29) is 37.1 Å². The number of nitrogens with one attached hydrogen (secondary N) is 1. The van der Waals surface area contributed by atoms with E-state index in [9.17, 15) is 14.4 Å². The van der Waals surface area contributed by atoms with Gasteiger partial charge in [-0.25, -0.2) is 4.79 Å². The summed E-state index contributed by atoms with van der Waals surface area (Å²) in [5, 5.41) is 11.7. The number of carbonyl (C=O) groups excluding carboxylic acids is 2. The molecule has 0 bridgehead atoms. The van der Waals surface area contributed by atoms with Crippen LogP contribution in [0.25, 0.3) is 0 Å². The van der Waals surface area contributed by atoms with Crippen molar-refractivity contribution in [2.24, 2.45) is 23.7 Å². The molecule has 1 amide bonds. The number of aliphatic carboxylic acids is 1. The molecule has 7 nitrogen and oxygen atoms in total. The van der Waals surface area contributed by atoms with Gasteiger partial charge in [0.25, 0.3) is 6.29 Å². The minimum Gasteiger partial charge on any atom is -0.481 e. The van der Waals surface area contributed by atoms with Gasteiger partial charge in [0.15, 0.2) is 0 Å². The number of carboxylic acid groups (broad SMARTS) is 1. The highest BCUT2D eigenvalue weighted by molar-refractivity contribution is 5.70. The minimum absolute atomic E-state index is 0.0236. The van der Waals surface area contributed by atoms with Gasteiger partial charge in [0.2, 0.25) is 0 Å². The Bertz CT molecular complexity index is 437. The molecule has 0 saturated heterocycles. The van der Waals surface area contributed by atoms with Crippen LogP contribution < -0.4 is 5.32 Å². The summed E-state index contributed by atoms with van der Waals surface area (Å²) in [5.74, 6) is -1.24. The van der Waals surface area contributed by atoms with Gasteiger partial charge in [0.1, 0.15) is 0 Å². The second kappa shape index (κ2) is 11.7. The SMILES string of the molecule is CCC(=O)O[C@@H](OC(=O)NC[C@H](CC(=O)O)[C@H](C)[C@H](C)CC)C(C)C. The molecular weight excluding hydrogens is 326 g/mol. The molecule has 0 aliphatic carbocycles. The molecule has 0 spiro atoms. The van der Waals surface area contributed by atoms with Crippen LogP contribution in [0.3, 0.4) is 0 Å². The third kappa shape index (κ3) is 9.31. The van der Waals surface area contributed by atoms with Crippen LogP contribution in [-0.4, -0.2) is 36.0 Å². The van der Waals surface area contributed by atoms with Crippen LogP contribution in [0.2, 0.25) is 0 Å². The molecule has 0 aromatic heterocycles. The molecule has 0 aromatic rings. The van der Waals surface area contributed by atoms with Crippen LogP contribution >= 0.6 is 0 Å². The van der Waals surface area contributed by atoms with Gasteiger partial charge in [0.05, 0.1) is 6.42 Å². The van der Waals surface area contributed by atoms with Crippen molar-refractivity contribution in [1.29, 1.82) is 0 Å². The fourth-order valence-electron chi connectivity index (χ4n) is 2.38. The molecule has 0 heterocycles. The lowest BCUT2D eigenvalue weighted by Crippen LogP contribution is -2.38. The van der Waals surface area contributed by atoms with Crippen molar-refractivity contribution in [3.63, 3.8) is 0 Å². The molecule has 7 heteroatoms. The summed E-state index contributed by atoms with van der Waals surface area (Å²) in [6.45, 7) is 11.5. The Hall–Kier alpha value is -1.79. The Balaban J connectivity index is 4.71. The van der Waals surface area contributed by atoms with Gasteiger partial charge in [-0.2, -0.15) is 0 Å². The van der Waals surface area contributed by atoms with Crippen molar-refractivity contribution in [1.82, 2.24) is 5.32 Å². The van der Waals surface area contributed by atoms with Gasteiger partial charge in [-0.3, -0.25) is 9.59 Å². The largest absolute Gasteiger partial charge is 0.481 e. The quantitative estimate of drug-likeness (QED) is 0.433. The van der Waals surface area contributed by atoms with E-state index in [4.69, 9.17) is 14.6 Å². The van der Waals surface area contributed by atoms with Crippen LogP contribution in [0.1, 0.15) is 60.8 Å². The van der Waals surface area contributed by atoms with Crippen molar-refractivity contribution in [3.8, 4) is 0 Å². The Morgan fingerprint density at radius 2 is 1.64 bits per heavy atom. The molecule has 0 aliphatic heterocycles. The number of amides is 1. The van der Waals surface area contributed by atoms with E-state index in [1.54, 1.807) is 20.8 Å². The van der Waals surface area contributed by atoms with Crippen molar-refractivity contribution >= 4 is 18.0 Å². The highest BCUT2D eigenvalue weighted by Crippen LogP contribution is 2.25. The first-order valence-corrected chi connectivity index (χ1v) is 8.97. The van der Waals surface area contributed by atoms with Crippen LogP contribution in [0.4, 0.5) is 4.79 Å². The third-order valence-corrected chi connectivity index (χ3v) is 4.53. The lowest BCUT2D eigenvalue weighted by molar-refractivity contribution is -0.174. The molecule has 4 atom stereocenters. The van der Waals surface area contributed by atoms with E-state index in [1.807, 2.05) is 6.92 Å². The van der Waals surface area contributed by atoms with E-state index in [0.717, 1.165) is 6.42 Å². The number of rotatable bonds is 11. The van der Waals surface area contributed by atoms with Crippen LogP contribution in [-0.2, 0) is 19.1 Å². The highest BCUT2D eigenvalue weighted by Gasteiger charge is 2.26. The monoisotopic (exact) mass is 359 g/mol. The van der Waals surface area contributed by atoms with Gasteiger partial charge in [-0.15, -0.1) is 0 Å². The zero-order valence-corrected chi connectivity index (χ0v) is 16.2. The van der Waals surface area contributed by atoms with Crippen molar-refractivity contribution in [2.75, 3.05) is 6.54 Å². The summed E-state index contributed by atoms with van der Waals surface area (Å²) in [6, 6.07) is 0. The maximum Gasteiger partial charge on any atom is 0.410 e. The first kappa shape index (κ1) is 23.2. The Labute approximate surface area is 150 Å². The predicted octanol–water partition coefficient (Wildman–Crippen LogP) is 3.42. The molecule has 0 aromatic carbocycles. The average molecular weight is 359 g/mol. The van der Waals surface area contributed by atoms with E-state index < -0.39 is 24.3 Å². The summed E-state index contributed by atoms with van der Waals surface area (Å²) >= 11 is 0. The van der Waals surface area contributed by atoms with Crippen LogP contribution in [0, 0.1) is 23.7 Å². The standard InChI is InChI=1S/C18H33NO6/c1-7-12(5)13(6)14(9-15(20)21)10-19-18(23)25-17(11(3)4)24-16(22)8-2/h11-14,17H,7-10H2,1-6H3,(H,19,23)(H,20,21)/t12-,13-,14+,17+/m1/s1. The molecule has 2 N–H and O–H groups in total. The number of hydrogen-bond acceptors (Lipinski definition) is 5. The maximum absolute atomic E-state index is 12.0. The lowest BCUT2D eigenvalue weighted by atomic mass is 9.81. The number of esters is 1. The summed E-state index contributed by atoms with van der Waals surface area (Å²) in [4.78, 5) is 34.5. The summed E-state index contributed by atoms with van der Waals surface area (Å²) < 4.78 is 10.3. The fraction of sp³-hybridized carbons (Fsp3) is 0.833. The smallest absolute Gasteiger partial charge is 0.410 e. The molecule has 0 saturated carbocycles. The molecule has 0 radical (unpaired) electrons. The number of alkyl carbamates (subject to hydrolysis) is 1. The molecule has 25 heavy (non-hydrogen) atoms. The number of hydrogen-bond donors (Lipinski definition) is 2. The molecule has 0 aliphatic rings. The van der Waals surface area contributed by atoms with Gasteiger partial charge >= 0.3 is 18.0 Å². The lowest BCUT2D eigenvalue weighted by Gasteiger charge is -2.28. The topological polar surface area (TPSA) is 102 Å². The van der Waals surface area contributed by atoms with Crippen molar-refractivity contribution < 1.29 is 29.0 Å². The molecule has 0 fully saturated rings. The summed E-state index contributed by atoms with van der Waals surface area (Å²) in [6.07, 6.45) is -0.568. The van der Waals surface area contributed by atoms with Gasteiger partial charge < -0.3 is 19.9 Å². The number of ether oxygens (including phenoxy) is 2. The first-order chi connectivity index (χ1) is 11.6. The highest BCUT2D eigenvalue weighted by atomic mass is 16.7. The van der Waals surface area contributed by atoms with Gasteiger partial charge in [-0.1, -0.05) is 48.0 Å². The van der Waals surface area contributed by atoms with Crippen LogP contribution in [0.15, 0.2) is 0 Å². The van der Waals surface area contributed by atoms with Crippen molar-refractivity contribution in [2.45, 2.75) is 67.1 Å². The van der Waals surface area contributed by atoms with E-state index in [0.29, 0.717) is 5.92 Å². The van der Waals surface area contributed by atoms with Crippen molar-refractivity contribution in [3.05, 3.63) is 0 Å². The Kier molecular flexibility index (Phi) is 10.9. The predicted molar refractivity (Wildman–Crippen MR) is 93.9 cm³/mol. The Morgan fingerprint density at radius 1 is 1.04 bits per heavy atom. The second-order valence-electron chi connectivity index (χ2n) is 6.84. The maximum atomic E-state index is 12.0. The van der Waals surface area contributed by atoms with Gasteiger partial charge in [-0.05, 0) is 17.8 Å². The zero-order chi connectivity index (χ0) is 19.6. The average Bonchev–Trinajstić information content (AvgIpc) is 2.55. The van der Waals surface area contributed by atoms with Gasteiger partial charge in [0, 0.05) is 18.9 Å². The normalized spacial score (nSPS) is 15.8. The second-order valence-corrected chi connectivity index (χ2v) is 6.84. The Morgan fingerprint density at radius 3 is 2.08 bits per heavy atom. The molecule has 0 rings (SSSR count). The number of carbonyl (C=O) groups is 3. The molecular formula is C18H33NO6. The molecule has 146 valence electrons. The first-order valence-electron chi connectivity index (χ1n) is 8.97. The fourth-order valence-corrected chi connectivity index (χ4v) is 2.38. The zero-order valence-electron chi connectivity index (χ0n) is 16.2. The van der Waals surface area contributed by atoms with Crippen LogP contribution in [0.5, 0.6) is 0 Å². The number of carboxylic acids is 1. The van der Waals surface area contributed by atoms with E-state index in [2.05, 4.69) is 19.2 Å². The molecule has 0 unspecified atom stereocenters.